The van der Waals surface area contributed by atoms with Crippen LogP contribution in [0.4, 0.5) is 0 Å². The molecule has 150 valence electrons. The summed E-state index contributed by atoms with van der Waals surface area (Å²) in [6, 6.07) is 0.201. The number of aromatic nitrogens is 2. The van der Waals surface area contributed by atoms with Crippen LogP contribution in [0.3, 0.4) is 0 Å². The lowest BCUT2D eigenvalue weighted by Crippen LogP contribution is -2.47. The fourth-order valence-electron chi connectivity index (χ4n) is 3.99. The summed E-state index contributed by atoms with van der Waals surface area (Å²) in [5.74, 6) is 1.28. The van der Waals surface area contributed by atoms with Crippen LogP contribution in [0.2, 0.25) is 0 Å². The van der Waals surface area contributed by atoms with E-state index in [9.17, 15) is 9.59 Å². The van der Waals surface area contributed by atoms with Crippen molar-refractivity contribution in [3.8, 4) is 0 Å². The van der Waals surface area contributed by atoms with Gasteiger partial charge in [-0.2, -0.15) is 5.10 Å². The van der Waals surface area contributed by atoms with Crippen LogP contribution >= 0.6 is 0 Å². The number of amides is 2. The Kier molecular flexibility index (Phi) is 6.22. The van der Waals surface area contributed by atoms with E-state index < -0.39 is 0 Å². The van der Waals surface area contributed by atoms with Gasteiger partial charge in [0, 0.05) is 43.7 Å². The maximum Gasteiger partial charge on any atom is 0.225 e. The summed E-state index contributed by atoms with van der Waals surface area (Å²) in [5, 5.41) is 7.80. The van der Waals surface area contributed by atoms with Crippen molar-refractivity contribution in [2.75, 3.05) is 13.1 Å². The lowest BCUT2D eigenvalue weighted by Gasteiger charge is -2.32. The molecule has 2 aliphatic rings. The number of piperidine rings is 1. The summed E-state index contributed by atoms with van der Waals surface area (Å²) in [4.78, 5) is 26.5. The minimum atomic E-state index is 0.109. The number of aryl methyl sites for hydroxylation is 1. The Morgan fingerprint density at radius 2 is 1.81 bits per heavy atom. The molecule has 1 N–H and O–H groups in total. The third-order valence-electron chi connectivity index (χ3n) is 5.77. The van der Waals surface area contributed by atoms with E-state index >= 15 is 0 Å². The van der Waals surface area contributed by atoms with Crippen LogP contribution in [0.15, 0.2) is 0 Å². The number of rotatable bonds is 7. The molecule has 1 aromatic rings. The molecule has 1 aliphatic heterocycles. The second-order valence-corrected chi connectivity index (χ2v) is 8.67. The molecule has 1 aromatic heterocycles. The van der Waals surface area contributed by atoms with Crippen molar-refractivity contribution < 1.29 is 9.59 Å². The molecule has 0 atom stereocenters. The fraction of sp³-hybridized carbons (Fsp3) is 0.762. The highest BCUT2D eigenvalue weighted by Gasteiger charge is 2.35. The van der Waals surface area contributed by atoms with Crippen LogP contribution in [0.5, 0.6) is 0 Å². The van der Waals surface area contributed by atoms with E-state index in [-0.39, 0.29) is 11.9 Å². The third-order valence-corrected chi connectivity index (χ3v) is 5.77. The van der Waals surface area contributed by atoms with Crippen molar-refractivity contribution in [1.29, 1.82) is 0 Å². The van der Waals surface area contributed by atoms with Gasteiger partial charge in [0.1, 0.15) is 0 Å². The molecule has 6 nitrogen and oxygen atoms in total. The number of likely N-dealkylation sites (tertiary alicyclic amines) is 1. The number of hydrogen-bond acceptors (Lipinski definition) is 3. The maximum atomic E-state index is 12.4. The molecule has 3 rings (SSSR count). The average molecular weight is 375 g/mol. The van der Waals surface area contributed by atoms with Crippen LogP contribution in [0, 0.1) is 25.7 Å². The zero-order valence-corrected chi connectivity index (χ0v) is 17.3. The Hall–Kier alpha value is -1.85. The minimum absolute atomic E-state index is 0.109. The second-order valence-electron chi connectivity index (χ2n) is 8.67. The van der Waals surface area contributed by atoms with Crippen LogP contribution in [-0.4, -0.2) is 45.6 Å². The molecule has 2 heterocycles. The Labute approximate surface area is 162 Å². The van der Waals surface area contributed by atoms with Crippen LogP contribution in [-0.2, 0) is 22.6 Å². The Morgan fingerprint density at radius 3 is 2.41 bits per heavy atom. The molecule has 1 saturated heterocycles. The fourth-order valence-corrected chi connectivity index (χ4v) is 3.99. The summed E-state index contributed by atoms with van der Waals surface area (Å²) in [6.07, 6.45) is 5.09. The molecule has 2 amide bonds. The predicted octanol–water partition coefficient (Wildman–Crippen LogP) is 2.61. The molecular weight excluding hydrogens is 340 g/mol. The van der Waals surface area contributed by atoms with Crippen molar-refractivity contribution >= 4 is 11.8 Å². The van der Waals surface area contributed by atoms with Gasteiger partial charge in [-0.15, -0.1) is 0 Å². The summed E-state index contributed by atoms with van der Waals surface area (Å²) in [6.45, 7) is 11.0. The zero-order valence-electron chi connectivity index (χ0n) is 17.3. The molecule has 0 unspecified atom stereocenters. The number of nitrogens with one attached hydrogen (secondary N) is 1. The van der Waals surface area contributed by atoms with Crippen molar-refractivity contribution in [3.05, 3.63) is 17.0 Å². The van der Waals surface area contributed by atoms with Crippen molar-refractivity contribution in [2.45, 2.75) is 78.8 Å². The van der Waals surface area contributed by atoms with Gasteiger partial charge in [0.05, 0.1) is 5.69 Å². The Morgan fingerprint density at radius 1 is 1.15 bits per heavy atom. The van der Waals surface area contributed by atoms with Gasteiger partial charge in [-0.3, -0.25) is 14.3 Å². The highest BCUT2D eigenvalue weighted by atomic mass is 16.2. The SMILES string of the molecule is Cc1nn(CC(C)C)c(C)c1CCC(=O)NC1CCN(C(=O)C2CC2)CC1. The molecule has 0 aromatic carbocycles. The number of nitrogens with zero attached hydrogens (tertiary/aromatic N) is 3. The van der Waals surface area contributed by atoms with Crippen molar-refractivity contribution in [1.82, 2.24) is 20.0 Å². The molecule has 27 heavy (non-hydrogen) atoms. The van der Waals surface area contributed by atoms with Gasteiger partial charge >= 0.3 is 0 Å². The molecule has 6 heteroatoms. The topological polar surface area (TPSA) is 67.2 Å². The first-order valence-electron chi connectivity index (χ1n) is 10.5. The number of hydrogen-bond donors (Lipinski definition) is 1. The van der Waals surface area contributed by atoms with Gasteiger partial charge in [-0.1, -0.05) is 13.8 Å². The predicted molar refractivity (Wildman–Crippen MR) is 105 cm³/mol. The monoisotopic (exact) mass is 374 g/mol. The van der Waals surface area contributed by atoms with Gasteiger partial charge in [-0.25, -0.2) is 0 Å². The van der Waals surface area contributed by atoms with Gasteiger partial charge in [0.2, 0.25) is 11.8 Å². The van der Waals surface area contributed by atoms with E-state index in [4.69, 9.17) is 0 Å². The van der Waals surface area contributed by atoms with E-state index in [0.717, 1.165) is 57.4 Å². The second kappa shape index (κ2) is 8.44. The lowest BCUT2D eigenvalue weighted by molar-refractivity contribution is -0.133. The molecule has 0 spiro atoms. The molecule has 2 fully saturated rings. The smallest absolute Gasteiger partial charge is 0.225 e. The maximum absolute atomic E-state index is 12.4. The summed E-state index contributed by atoms with van der Waals surface area (Å²) in [7, 11) is 0. The first-order chi connectivity index (χ1) is 12.8. The molecular formula is C21H34N4O2. The van der Waals surface area contributed by atoms with Gasteiger partial charge < -0.3 is 10.2 Å². The third kappa shape index (κ3) is 5.11. The minimum Gasteiger partial charge on any atom is -0.353 e. The summed E-state index contributed by atoms with van der Waals surface area (Å²) >= 11 is 0. The first kappa shape index (κ1) is 19.9. The number of carbonyl (C=O) groups is 2. The quantitative estimate of drug-likeness (QED) is 0.798. The molecule has 1 saturated carbocycles. The highest BCUT2D eigenvalue weighted by molar-refractivity contribution is 5.81. The average Bonchev–Trinajstić information content (AvgIpc) is 3.42. The largest absolute Gasteiger partial charge is 0.353 e. The van der Waals surface area contributed by atoms with Gasteiger partial charge in [0.25, 0.3) is 0 Å². The van der Waals surface area contributed by atoms with E-state index in [1.807, 2.05) is 11.8 Å². The molecule has 0 radical (unpaired) electrons. The first-order valence-corrected chi connectivity index (χ1v) is 10.5. The Bertz CT molecular complexity index is 683. The Balaban J connectivity index is 1.44. The molecule has 1 aliphatic carbocycles. The van der Waals surface area contributed by atoms with E-state index in [2.05, 4.69) is 35.9 Å². The van der Waals surface area contributed by atoms with E-state index in [0.29, 0.717) is 24.2 Å². The van der Waals surface area contributed by atoms with Gasteiger partial charge in [-0.05, 0) is 57.4 Å². The summed E-state index contributed by atoms with van der Waals surface area (Å²) < 4.78 is 2.07. The van der Waals surface area contributed by atoms with Crippen LogP contribution in [0.1, 0.15) is 62.9 Å². The van der Waals surface area contributed by atoms with Crippen LogP contribution in [0.25, 0.3) is 0 Å². The standard InChI is InChI=1S/C21H34N4O2/c1-14(2)13-25-16(4)19(15(3)23-25)7-8-20(26)22-18-9-11-24(12-10-18)21(27)17-5-6-17/h14,17-18H,5-13H2,1-4H3,(H,22,26). The van der Waals surface area contributed by atoms with Crippen LogP contribution < -0.4 is 5.32 Å². The van der Waals surface area contributed by atoms with E-state index in [1.54, 1.807) is 0 Å². The molecule has 0 bridgehead atoms. The highest BCUT2D eigenvalue weighted by Crippen LogP contribution is 2.31. The van der Waals surface area contributed by atoms with Crippen molar-refractivity contribution in [2.24, 2.45) is 11.8 Å². The lowest BCUT2D eigenvalue weighted by atomic mass is 10.0. The van der Waals surface area contributed by atoms with Gasteiger partial charge in [0.15, 0.2) is 0 Å². The van der Waals surface area contributed by atoms with Crippen molar-refractivity contribution in [3.63, 3.8) is 0 Å². The summed E-state index contributed by atoms with van der Waals surface area (Å²) in [5.41, 5.74) is 3.42. The zero-order chi connectivity index (χ0) is 19.6. The normalized spacial score (nSPS) is 18.2. The number of carbonyl (C=O) groups excluding carboxylic acids is 2. The van der Waals surface area contributed by atoms with E-state index in [1.165, 1.54) is 11.3 Å².